The molecule has 1 aromatic carbocycles. The van der Waals surface area contributed by atoms with E-state index in [0.29, 0.717) is 12.2 Å². The molecule has 3 rings (SSSR count). The summed E-state index contributed by atoms with van der Waals surface area (Å²) in [5.74, 6) is 0.118. The lowest BCUT2D eigenvalue weighted by Gasteiger charge is -2.41. The Morgan fingerprint density at radius 2 is 1.96 bits per heavy atom. The minimum Gasteiger partial charge on any atom is -0.410 e. The van der Waals surface area contributed by atoms with Gasteiger partial charge in [-0.1, -0.05) is 29.8 Å². The van der Waals surface area contributed by atoms with E-state index in [4.69, 9.17) is 9.26 Å². The van der Waals surface area contributed by atoms with Crippen LogP contribution in [0, 0.1) is 0 Å². The van der Waals surface area contributed by atoms with Crippen molar-refractivity contribution in [1.82, 2.24) is 5.16 Å². The molecule has 122 valence electrons. The average Bonchev–Trinajstić information content (AvgIpc) is 2.85. The third kappa shape index (κ3) is 2.88. The van der Waals surface area contributed by atoms with E-state index >= 15 is 0 Å². The Labute approximate surface area is 129 Å². The monoisotopic (exact) mass is 326 g/mol. The Morgan fingerprint density at radius 3 is 2.52 bits per heavy atom. The van der Waals surface area contributed by atoms with E-state index in [1.807, 2.05) is 0 Å². The normalized spacial score (nSPS) is 16.5. The number of halogens is 3. The fourth-order valence-corrected chi connectivity index (χ4v) is 2.50. The number of carbonyl (C=O) groups is 1. The zero-order chi connectivity index (χ0) is 16.5. The van der Waals surface area contributed by atoms with Crippen molar-refractivity contribution < 1.29 is 27.2 Å². The Hall–Kier alpha value is -2.51. The van der Waals surface area contributed by atoms with Gasteiger partial charge < -0.3 is 9.26 Å². The van der Waals surface area contributed by atoms with Gasteiger partial charge in [0.1, 0.15) is 16.9 Å². The number of benzene rings is 1. The van der Waals surface area contributed by atoms with Crippen LogP contribution < -0.4 is 10.1 Å². The van der Waals surface area contributed by atoms with E-state index in [2.05, 4.69) is 10.5 Å². The summed E-state index contributed by atoms with van der Waals surface area (Å²) in [7, 11) is 0. The van der Waals surface area contributed by atoms with Crippen LogP contribution in [-0.2, 0) is 5.41 Å². The molecule has 5 nitrogen and oxygen atoms in total. The summed E-state index contributed by atoms with van der Waals surface area (Å²) in [5, 5.41) is 5.70. The number of anilines is 1. The van der Waals surface area contributed by atoms with Crippen LogP contribution in [0.25, 0.3) is 0 Å². The van der Waals surface area contributed by atoms with Crippen molar-refractivity contribution in [2.75, 3.05) is 5.32 Å². The van der Waals surface area contributed by atoms with E-state index in [1.54, 1.807) is 30.3 Å². The molecule has 1 saturated carbocycles. The van der Waals surface area contributed by atoms with Crippen molar-refractivity contribution in [2.24, 2.45) is 0 Å². The second-order valence-corrected chi connectivity index (χ2v) is 5.34. The molecule has 1 aromatic heterocycles. The summed E-state index contributed by atoms with van der Waals surface area (Å²) >= 11 is 0. The summed E-state index contributed by atoms with van der Waals surface area (Å²) in [5.41, 5.74) is -2.19. The first-order valence-electron chi connectivity index (χ1n) is 6.98. The van der Waals surface area contributed by atoms with E-state index in [-0.39, 0.29) is 24.4 Å². The molecule has 1 heterocycles. The SMILES string of the molecule is O=C(Nc1cc(C2(C(F)(F)F)CCC2)no1)Oc1ccccc1. The van der Waals surface area contributed by atoms with Gasteiger partial charge in [0, 0.05) is 6.07 Å². The molecule has 0 bridgehead atoms. The zero-order valence-corrected chi connectivity index (χ0v) is 11.9. The number of hydrogen-bond acceptors (Lipinski definition) is 4. The number of alkyl halides is 3. The molecule has 1 fully saturated rings. The van der Waals surface area contributed by atoms with Crippen LogP contribution in [-0.4, -0.2) is 17.4 Å². The Kier molecular flexibility index (Phi) is 3.75. The van der Waals surface area contributed by atoms with E-state index < -0.39 is 17.7 Å². The molecule has 2 aromatic rings. The molecule has 0 radical (unpaired) electrons. The molecule has 23 heavy (non-hydrogen) atoms. The quantitative estimate of drug-likeness (QED) is 0.915. The van der Waals surface area contributed by atoms with Crippen molar-refractivity contribution in [2.45, 2.75) is 30.9 Å². The summed E-state index contributed by atoms with van der Waals surface area (Å²) < 4.78 is 49.4. The van der Waals surface area contributed by atoms with Crippen LogP contribution >= 0.6 is 0 Å². The summed E-state index contributed by atoms with van der Waals surface area (Å²) in [6.45, 7) is 0. The first kappa shape index (κ1) is 15.4. The van der Waals surface area contributed by atoms with Crippen molar-refractivity contribution >= 4 is 12.0 Å². The molecule has 1 amide bonds. The van der Waals surface area contributed by atoms with Crippen LogP contribution in [0.4, 0.5) is 23.8 Å². The third-order valence-electron chi connectivity index (χ3n) is 3.93. The molecule has 0 spiro atoms. The number of carbonyl (C=O) groups excluding carboxylic acids is 1. The first-order chi connectivity index (χ1) is 10.9. The molecule has 1 aliphatic carbocycles. The predicted molar refractivity (Wildman–Crippen MR) is 74.2 cm³/mol. The molecule has 1 aliphatic rings. The molecular weight excluding hydrogens is 313 g/mol. The molecule has 0 unspecified atom stereocenters. The van der Waals surface area contributed by atoms with Gasteiger partial charge in [-0.2, -0.15) is 13.2 Å². The summed E-state index contributed by atoms with van der Waals surface area (Å²) in [6, 6.07) is 9.34. The lowest BCUT2D eigenvalue weighted by molar-refractivity contribution is -0.214. The van der Waals surface area contributed by atoms with Crippen LogP contribution in [0.15, 0.2) is 40.9 Å². The van der Waals surface area contributed by atoms with Crippen molar-refractivity contribution in [3.8, 4) is 5.75 Å². The van der Waals surface area contributed by atoms with Crippen LogP contribution in [0.1, 0.15) is 25.0 Å². The number of aromatic nitrogens is 1. The Bertz CT molecular complexity index is 693. The second kappa shape index (κ2) is 5.60. The van der Waals surface area contributed by atoms with Crippen molar-refractivity contribution in [3.05, 3.63) is 42.1 Å². The van der Waals surface area contributed by atoms with Crippen LogP contribution in [0.2, 0.25) is 0 Å². The number of nitrogens with zero attached hydrogens (tertiary/aromatic N) is 1. The van der Waals surface area contributed by atoms with Gasteiger partial charge in [0.2, 0.25) is 5.88 Å². The third-order valence-corrected chi connectivity index (χ3v) is 3.93. The number of ether oxygens (including phenoxy) is 1. The molecule has 0 saturated heterocycles. The number of hydrogen-bond donors (Lipinski definition) is 1. The maximum absolute atomic E-state index is 13.2. The largest absolute Gasteiger partial charge is 0.419 e. The smallest absolute Gasteiger partial charge is 0.410 e. The van der Waals surface area contributed by atoms with E-state index in [0.717, 1.165) is 6.07 Å². The van der Waals surface area contributed by atoms with Gasteiger partial charge in [-0.05, 0) is 25.0 Å². The number of nitrogens with one attached hydrogen (secondary N) is 1. The minimum absolute atomic E-state index is 0.0308. The highest BCUT2D eigenvalue weighted by atomic mass is 19.4. The number of rotatable bonds is 3. The predicted octanol–water partition coefficient (Wildman–Crippen LogP) is 4.27. The highest BCUT2D eigenvalue weighted by Crippen LogP contribution is 2.54. The number of amides is 1. The van der Waals surface area contributed by atoms with Gasteiger partial charge in [-0.25, -0.2) is 4.79 Å². The van der Waals surface area contributed by atoms with Crippen molar-refractivity contribution in [1.29, 1.82) is 0 Å². The minimum atomic E-state index is -4.40. The fourth-order valence-electron chi connectivity index (χ4n) is 2.50. The van der Waals surface area contributed by atoms with Gasteiger partial charge in [0.05, 0.1) is 0 Å². The maximum atomic E-state index is 13.2. The highest BCUT2D eigenvalue weighted by molar-refractivity contribution is 5.84. The Morgan fingerprint density at radius 1 is 1.26 bits per heavy atom. The van der Waals surface area contributed by atoms with Gasteiger partial charge in [0.25, 0.3) is 0 Å². The van der Waals surface area contributed by atoms with Gasteiger partial charge in [-0.15, -0.1) is 0 Å². The molecule has 8 heteroatoms. The van der Waals surface area contributed by atoms with E-state index in [1.165, 1.54) is 0 Å². The summed E-state index contributed by atoms with van der Waals surface area (Å²) in [4.78, 5) is 11.7. The molecule has 0 atom stereocenters. The lowest BCUT2D eigenvalue weighted by Crippen LogP contribution is -2.48. The molecular formula is C15H13F3N2O3. The topological polar surface area (TPSA) is 64.4 Å². The van der Waals surface area contributed by atoms with Crippen LogP contribution in [0.5, 0.6) is 5.75 Å². The van der Waals surface area contributed by atoms with Gasteiger partial charge >= 0.3 is 12.3 Å². The Balaban J connectivity index is 1.69. The maximum Gasteiger partial charge on any atom is 0.419 e. The van der Waals surface area contributed by atoms with Crippen molar-refractivity contribution in [3.63, 3.8) is 0 Å². The summed E-state index contributed by atoms with van der Waals surface area (Å²) in [6.07, 6.45) is -4.85. The standard InChI is InChI=1S/C15H13F3N2O3/c16-15(17,18)14(7-4-8-14)11-9-12(23-20-11)19-13(21)22-10-5-2-1-3-6-10/h1-3,5-6,9H,4,7-8H2,(H,19,21). The molecule has 1 N–H and O–H groups in total. The number of para-hydroxylation sites is 1. The fraction of sp³-hybridized carbons (Fsp3) is 0.333. The molecule has 0 aliphatic heterocycles. The second-order valence-electron chi connectivity index (χ2n) is 5.34. The average molecular weight is 326 g/mol. The zero-order valence-electron chi connectivity index (χ0n) is 11.9. The van der Waals surface area contributed by atoms with Gasteiger partial charge in [0.15, 0.2) is 0 Å². The van der Waals surface area contributed by atoms with Crippen LogP contribution in [0.3, 0.4) is 0 Å². The first-order valence-corrected chi connectivity index (χ1v) is 6.98. The highest BCUT2D eigenvalue weighted by Gasteiger charge is 2.61. The van der Waals surface area contributed by atoms with Gasteiger partial charge in [-0.3, -0.25) is 5.32 Å². The lowest BCUT2D eigenvalue weighted by atomic mass is 9.66. The van der Waals surface area contributed by atoms with E-state index in [9.17, 15) is 18.0 Å².